The number of carbonyl (C=O) groups excluding carboxylic acids is 1. The molecule has 0 radical (unpaired) electrons. The molecule has 2 aliphatic carbocycles. The quantitative estimate of drug-likeness (QED) is 0.823. The first-order valence-corrected chi connectivity index (χ1v) is 6.77. The summed E-state index contributed by atoms with van der Waals surface area (Å²) in [7, 11) is 0. The van der Waals surface area contributed by atoms with E-state index in [4.69, 9.17) is 0 Å². The average Bonchev–Trinajstić information content (AvgIpc) is 3.21. The van der Waals surface area contributed by atoms with Crippen LogP contribution in [0.3, 0.4) is 0 Å². The Hall–Kier alpha value is -2.04. The lowest BCUT2D eigenvalue weighted by Gasteiger charge is -2.12. The van der Waals surface area contributed by atoms with Crippen molar-refractivity contribution in [2.45, 2.75) is 38.0 Å². The largest absolute Gasteiger partial charge is 0.294 e. The first kappa shape index (κ1) is 10.8. The molecule has 0 saturated heterocycles. The molecule has 0 aromatic carbocycles. The lowest BCUT2D eigenvalue weighted by Crippen LogP contribution is -2.14. The summed E-state index contributed by atoms with van der Waals surface area (Å²) >= 11 is 0. The van der Waals surface area contributed by atoms with Gasteiger partial charge in [-0.25, -0.2) is 14.6 Å². The highest BCUT2D eigenvalue weighted by Gasteiger charge is 2.36. The molecule has 0 bridgehead atoms. The summed E-state index contributed by atoms with van der Waals surface area (Å²) in [4.78, 5) is 20.7. The van der Waals surface area contributed by atoms with Crippen LogP contribution in [0.5, 0.6) is 0 Å². The predicted molar refractivity (Wildman–Crippen MR) is 68.4 cm³/mol. The molecule has 0 amide bonds. The highest BCUT2D eigenvalue weighted by molar-refractivity contribution is 5.99. The van der Waals surface area contributed by atoms with Crippen LogP contribution in [0.2, 0.25) is 0 Å². The van der Waals surface area contributed by atoms with Gasteiger partial charge >= 0.3 is 0 Å². The fraction of sp³-hybridized carbons (Fsp3) is 0.429. The third-order valence-electron chi connectivity index (χ3n) is 3.81. The molecule has 5 heteroatoms. The zero-order valence-corrected chi connectivity index (χ0v) is 10.5. The van der Waals surface area contributed by atoms with Crippen LogP contribution in [0.4, 0.5) is 0 Å². The molecule has 1 saturated carbocycles. The van der Waals surface area contributed by atoms with Crippen LogP contribution in [0.1, 0.15) is 53.3 Å². The van der Waals surface area contributed by atoms with E-state index >= 15 is 0 Å². The van der Waals surface area contributed by atoms with Crippen molar-refractivity contribution in [3.63, 3.8) is 0 Å². The van der Waals surface area contributed by atoms with Crippen molar-refractivity contribution >= 4 is 5.78 Å². The van der Waals surface area contributed by atoms with Gasteiger partial charge in [-0.05, 0) is 31.7 Å². The van der Waals surface area contributed by atoms with E-state index < -0.39 is 0 Å². The van der Waals surface area contributed by atoms with Gasteiger partial charge in [-0.2, -0.15) is 5.10 Å². The van der Waals surface area contributed by atoms with Crippen LogP contribution in [0.25, 0.3) is 5.95 Å². The van der Waals surface area contributed by atoms with Crippen LogP contribution in [-0.2, 0) is 6.42 Å². The van der Waals surface area contributed by atoms with Gasteiger partial charge in [0.05, 0.1) is 17.0 Å². The third kappa shape index (κ3) is 1.69. The number of ketones is 1. The molecule has 5 nitrogen and oxygen atoms in total. The van der Waals surface area contributed by atoms with E-state index in [1.54, 1.807) is 23.1 Å². The third-order valence-corrected chi connectivity index (χ3v) is 3.81. The molecule has 4 rings (SSSR count). The first-order chi connectivity index (χ1) is 9.34. The lowest BCUT2D eigenvalue weighted by atomic mass is 9.93. The Labute approximate surface area is 110 Å². The second-order valence-corrected chi connectivity index (χ2v) is 5.22. The van der Waals surface area contributed by atoms with Crippen molar-refractivity contribution in [2.75, 3.05) is 0 Å². The van der Waals surface area contributed by atoms with Gasteiger partial charge in [0.2, 0.25) is 0 Å². The molecule has 0 spiro atoms. The molecule has 19 heavy (non-hydrogen) atoms. The Morgan fingerprint density at radius 1 is 1.16 bits per heavy atom. The summed E-state index contributed by atoms with van der Waals surface area (Å²) < 4.78 is 1.78. The fourth-order valence-electron chi connectivity index (χ4n) is 2.76. The zero-order valence-electron chi connectivity index (χ0n) is 10.5. The van der Waals surface area contributed by atoms with Gasteiger partial charge < -0.3 is 0 Å². The van der Waals surface area contributed by atoms with Crippen molar-refractivity contribution in [1.29, 1.82) is 0 Å². The summed E-state index contributed by atoms with van der Waals surface area (Å²) in [6.45, 7) is 0. The van der Waals surface area contributed by atoms with Crippen molar-refractivity contribution < 1.29 is 4.79 Å². The molecule has 0 N–H and O–H groups in total. The Morgan fingerprint density at radius 3 is 2.68 bits per heavy atom. The van der Waals surface area contributed by atoms with Crippen molar-refractivity contribution in [2.24, 2.45) is 0 Å². The summed E-state index contributed by atoms with van der Waals surface area (Å²) in [5.41, 5.74) is 2.85. The van der Waals surface area contributed by atoms with Gasteiger partial charge in [-0.1, -0.05) is 0 Å². The predicted octanol–water partition coefficient (Wildman–Crippen LogP) is 2.06. The maximum Gasteiger partial charge on any atom is 0.250 e. The fourth-order valence-corrected chi connectivity index (χ4v) is 2.76. The van der Waals surface area contributed by atoms with Crippen LogP contribution >= 0.6 is 0 Å². The minimum Gasteiger partial charge on any atom is -0.294 e. The topological polar surface area (TPSA) is 60.7 Å². The van der Waals surface area contributed by atoms with E-state index in [1.165, 1.54) is 0 Å². The van der Waals surface area contributed by atoms with Crippen molar-refractivity contribution in [3.05, 3.63) is 35.4 Å². The molecule has 0 unspecified atom stereocenters. The van der Waals surface area contributed by atoms with Crippen LogP contribution in [0, 0.1) is 0 Å². The van der Waals surface area contributed by atoms with E-state index in [0.29, 0.717) is 18.3 Å². The Balaban J connectivity index is 1.92. The standard InChI is InChI=1S/C14H14N4O/c19-11-4-1-3-10-12(11)13(9-5-6-9)17-18(10)14-15-7-2-8-16-14/h2,7-9H,1,3-6H2. The number of Topliss-reactive ketones (excluding diaryl/α,β-unsaturated/α-hetero) is 1. The molecule has 2 heterocycles. The molecule has 2 aromatic heterocycles. The number of aromatic nitrogens is 4. The van der Waals surface area contributed by atoms with Crippen molar-refractivity contribution in [1.82, 2.24) is 19.7 Å². The second-order valence-electron chi connectivity index (χ2n) is 5.22. The Morgan fingerprint density at radius 2 is 1.95 bits per heavy atom. The highest BCUT2D eigenvalue weighted by Crippen LogP contribution is 2.43. The van der Waals surface area contributed by atoms with E-state index in [9.17, 15) is 4.79 Å². The average molecular weight is 254 g/mol. The SMILES string of the molecule is O=C1CCCc2c1c(C1CC1)nn2-c1ncccn1. The highest BCUT2D eigenvalue weighted by atomic mass is 16.1. The molecular formula is C14H14N4O. The van der Waals surface area contributed by atoms with Crippen LogP contribution in [-0.4, -0.2) is 25.5 Å². The van der Waals surface area contributed by atoms with Gasteiger partial charge in [-0.3, -0.25) is 4.79 Å². The second kappa shape index (κ2) is 3.98. The number of fused-ring (bicyclic) bond motifs is 1. The summed E-state index contributed by atoms with van der Waals surface area (Å²) in [5, 5.41) is 4.65. The van der Waals surface area contributed by atoms with Crippen molar-refractivity contribution in [3.8, 4) is 5.95 Å². The van der Waals surface area contributed by atoms with Gasteiger partial charge in [-0.15, -0.1) is 0 Å². The minimum absolute atomic E-state index is 0.241. The van der Waals surface area contributed by atoms with Gasteiger partial charge in [0.15, 0.2) is 5.78 Å². The van der Waals surface area contributed by atoms with Crippen LogP contribution < -0.4 is 0 Å². The molecule has 96 valence electrons. The van der Waals surface area contributed by atoms with Gasteiger partial charge in [0.25, 0.3) is 5.95 Å². The zero-order chi connectivity index (χ0) is 12.8. The Kier molecular flexibility index (Phi) is 2.27. The summed E-state index contributed by atoms with van der Waals surface area (Å²) in [5.74, 6) is 1.28. The molecule has 1 fully saturated rings. The van der Waals surface area contributed by atoms with E-state index in [2.05, 4.69) is 15.1 Å². The molecule has 0 atom stereocenters. The van der Waals surface area contributed by atoms with E-state index in [-0.39, 0.29) is 5.78 Å². The molecule has 2 aliphatic rings. The van der Waals surface area contributed by atoms with Crippen LogP contribution in [0.15, 0.2) is 18.5 Å². The van der Waals surface area contributed by atoms with E-state index in [1.807, 2.05) is 0 Å². The number of hydrogen-bond donors (Lipinski definition) is 0. The first-order valence-electron chi connectivity index (χ1n) is 6.77. The smallest absolute Gasteiger partial charge is 0.250 e. The lowest BCUT2D eigenvalue weighted by molar-refractivity contribution is 0.0971. The number of carbonyl (C=O) groups is 1. The maximum absolute atomic E-state index is 12.2. The number of rotatable bonds is 2. The van der Waals surface area contributed by atoms with Gasteiger partial charge in [0, 0.05) is 24.7 Å². The maximum atomic E-state index is 12.2. The van der Waals surface area contributed by atoms with Gasteiger partial charge in [0.1, 0.15) is 0 Å². The Bertz CT molecular complexity index is 643. The minimum atomic E-state index is 0.241. The summed E-state index contributed by atoms with van der Waals surface area (Å²) in [6.07, 6.45) is 8.13. The molecule has 2 aromatic rings. The summed E-state index contributed by atoms with van der Waals surface area (Å²) in [6, 6.07) is 1.78. The monoisotopic (exact) mass is 254 g/mol. The van der Waals surface area contributed by atoms with E-state index in [0.717, 1.165) is 42.6 Å². The number of hydrogen-bond acceptors (Lipinski definition) is 4. The molecule has 0 aliphatic heterocycles. The number of nitrogens with zero attached hydrogens (tertiary/aromatic N) is 4. The molecular weight excluding hydrogens is 240 g/mol. The normalized spacial score (nSPS) is 18.4.